The zero-order valence-electron chi connectivity index (χ0n) is 13.0. The summed E-state index contributed by atoms with van der Waals surface area (Å²) in [4.78, 5) is 11.9. The van der Waals surface area contributed by atoms with Crippen LogP contribution in [0.15, 0.2) is 58.1 Å². The van der Waals surface area contributed by atoms with Crippen molar-refractivity contribution in [3.8, 4) is 5.75 Å². The molecule has 0 aliphatic carbocycles. The van der Waals surface area contributed by atoms with Gasteiger partial charge in [0.15, 0.2) is 6.10 Å². The van der Waals surface area contributed by atoms with E-state index in [-0.39, 0.29) is 5.56 Å². The lowest BCUT2D eigenvalue weighted by atomic mass is 10.1. The number of rotatable bonds is 5. The Bertz CT molecular complexity index is 778. The molecule has 2 aromatic rings. The number of nitrogens with zero attached hydrogens (tertiary/aromatic N) is 1. The molecule has 0 spiro atoms. The number of amides is 1. The number of hydrogen-bond acceptors (Lipinski definition) is 3. The van der Waals surface area contributed by atoms with E-state index in [1.54, 1.807) is 24.3 Å². The van der Waals surface area contributed by atoms with Crippen LogP contribution in [0.3, 0.4) is 0 Å². The number of hydrazone groups is 1. The largest absolute Gasteiger partial charge is 0.480 e. The lowest BCUT2D eigenvalue weighted by Gasteiger charge is -2.13. The Labute approximate surface area is 150 Å². The smallest absolute Gasteiger partial charge is 0.416 e. The molecule has 0 saturated heterocycles. The molecule has 8 heteroatoms. The van der Waals surface area contributed by atoms with E-state index >= 15 is 0 Å². The van der Waals surface area contributed by atoms with Crippen molar-refractivity contribution in [3.63, 3.8) is 0 Å². The van der Waals surface area contributed by atoms with E-state index in [1.807, 2.05) is 0 Å². The van der Waals surface area contributed by atoms with Crippen molar-refractivity contribution in [2.24, 2.45) is 5.10 Å². The molecule has 0 aliphatic heterocycles. The van der Waals surface area contributed by atoms with Crippen molar-refractivity contribution in [1.82, 2.24) is 5.43 Å². The summed E-state index contributed by atoms with van der Waals surface area (Å²) in [5.74, 6) is -0.0361. The van der Waals surface area contributed by atoms with Gasteiger partial charge in [-0.25, -0.2) is 5.43 Å². The van der Waals surface area contributed by atoms with Crippen LogP contribution >= 0.6 is 15.9 Å². The third-order valence-corrected chi connectivity index (χ3v) is 3.77. The molecule has 0 heterocycles. The summed E-state index contributed by atoms with van der Waals surface area (Å²) in [6.07, 6.45) is -4.13. The van der Waals surface area contributed by atoms with Crippen molar-refractivity contribution in [2.45, 2.75) is 19.2 Å². The summed E-state index contributed by atoms with van der Waals surface area (Å²) in [6, 6.07) is 11.7. The second-order valence-corrected chi connectivity index (χ2v) is 5.90. The van der Waals surface area contributed by atoms with Crippen molar-refractivity contribution < 1.29 is 22.7 Å². The van der Waals surface area contributed by atoms with Gasteiger partial charge in [0.1, 0.15) is 5.75 Å². The maximum absolute atomic E-state index is 12.6. The summed E-state index contributed by atoms with van der Waals surface area (Å²) in [5.41, 5.74) is 1.67. The molecule has 1 amide bonds. The molecular formula is C17H14BrF3N2O2. The highest BCUT2D eigenvalue weighted by Crippen LogP contribution is 2.29. The number of hydrogen-bond donors (Lipinski definition) is 1. The summed E-state index contributed by atoms with van der Waals surface area (Å²) in [7, 11) is 0. The first kappa shape index (κ1) is 19.0. The number of para-hydroxylation sites is 1. The van der Waals surface area contributed by atoms with Gasteiger partial charge in [-0.05, 0) is 52.7 Å². The van der Waals surface area contributed by atoms with E-state index in [0.717, 1.165) is 18.3 Å². The Hall–Kier alpha value is -2.35. The van der Waals surface area contributed by atoms with E-state index < -0.39 is 23.8 Å². The molecule has 2 aromatic carbocycles. The van der Waals surface area contributed by atoms with E-state index in [0.29, 0.717) is 10.2 Å². The minimum Gasteiger partial charge on any atom is -0.480 e. The lowest BCUT2D eigenvalue weighted by Crippen LogP contribution is -2.33. The van der Waals surface area contributed by atoms with Crippen LogP contribution in [-0.2, 0) is 11.0 Å². The molecule has 0 bridgehead atoms. The fraction of sp³-hybridized carbons (Fsp3) is 0.176. The zero-order chi connectivity index (χ0) is 18.4. The predicted octanol–water partition coefficient (Wildman–Crippen LogP) is 4.39. The number of ether oxygens (including phenoxy) is 1. The van der Waals surface area contributed by atoms with Gasteiger partial charge in [0.2, 0.25) is 0 Å². The first-order chi connectivity index (χ1) is 11.8. The van der Waals surface area contributed by atoms with Gasteiger partial charge in [0, 0.05) is 0 Å². The molecule has 1 atom stereocenters. The molecule has 0 aliphatic rings. The average Bonchev–Trinajstić information content (AvgIpc) is 2.56. The van der Waals surface area contributed by atoms with Gasteiger partial charge in [0.25, 0.3) is 5.91 Å². The molecule has 0 radical (unpaired) electrons. The van der Waals surface area contributed by atoms with Crippen molar-refractivity contribution in [2.75, 3.05) is 0 Å². The minimum absolute atomic E-state index is 0.217. The zero-order valence-corrected chi connectivity index (χ0v) is 14.6. The van der Waals surface area contributed by atoms with Crippen LogP contribution in [0, 0.1) is 0 Å². The van der Waals surface area contributed by atoms with Gasteiger partial charge in [-0.1, -0.05) is 24.3 Å². The van der Waals surface area contributed by atoms with Gasteiger partial charge < -0.3 is 4.74 Å². The molecule has 1 N–H and O–H groups in total. The van der Waals surface area contributed by atoms with Crippen molar-refractivity contribution >= 4 is 28.1 Å². The van der Waals surface area contributed by atoms with E-state index in [1.165, 1.54) is 19.1 Å². The normalized spacial score (nSPS) is 12.8. The Morgan fingerprint density at radius 1 is 1.24 bits per heavy atom. The number of alkyl halides is 3. The van der Waals surface area contributed by atoms with E-state index in [4.69, 9.17) is 4.74 Å². The summed E-state index contributed by atoms with van der Waals surface area (Å²) < 4.78 is 44.1. The Balaban J connectivity index is 1.95. The summed E-state index contributed by atoms with van der Waals surface area (Å²) in [5, 5.41) is 3.67. The fourth-order valence-electron chi connectivity index (χ4n) is 1.84. The number of carbonyl (C=O) groups excluding carboxylic acids is 1. The predicted molar refractivity (Wildman–Crippen MR) is 91.4 cm³/mol. The number of carbonyl (C=O) groups is 1. The first-order valence-electron chi connectivity index (χ1n) is 7.19. The van der Waals surface area contributed by atoms with Crippen LogP contribution in [0.5, 0.6) is 5.75 Å². The van der Waals surface area contributed by atoms with E-state index in [2.05, 4.69) is 26.5 Å². The third kappa shape index (κ3) is 5.60. The second kappa shape index (κ2) is 8.15. The third-order valence-electron chi connectivity index (χ3n) is 3.11. The van der Waals surface area contributed by atoms with Gasteiger partial charge in [-0.2, -0.15) is 18.3 Å². The molecule has 132 valence electrons. The van der Waals surface area contributed by atoms with Crippen molar-refractivity contribution in [1.29, 1.82) is 0 Å². The van der Waals surface area contributed by atoms with Crippen molar-refractivity contribution in [3.05, 3.63) is 64.1 Å². The fourth-order valence-corrected chi connectivity index (χ4v) is 2.22. The number of nitrogens with one attached hydrogen (secondary N) is 1. The first-order valence-corrected chi connectivity index (χ1v) is 7.98. The Morgan fingerprint density at radius 2 is 1.96 bits per heavy atom. The lowest BCUT2D eigenvalue weighted by molar-refractivity contribution is -0.137. The van der Waals surface area contributed by atoms with Crippen LogP contribution in [0.1, 0.15) is 18.1 Å². The molecule has 0 aromatic heterocycles. The Kier molecular flexibility index (Phi) is 6.19. The highest BCUT2D eigenvalue weighted by Gasteiger charge is 2.30. The highest BCUT2D eigenvalue weighted by molar-refractivity contribution is 9.10. The second-order valence-electron chi connectivity index (χ2n) is 5.05. The standard InChI is InChI=1S/C17H14BrF3N2O2/c1-11(25-15-8-3-2-7-14(15)18)16(24)23-22-10-12-5-4-6-13(9-12)17(19,20)21/h2-11H,1H3,(H,23,24). The monoisotopic (exact) mass is 414 g/mol. The van der Waals surface area contributed by atoms with Gasteiger partial charge in [0.05, 0.1) is 16.3 Å². The molecular weight excluding hydrogens is 401 g/mol. The minimum atomic E-state index is -4.43. The number of halogens is 4. The van der Waals surface area contributed by atoms with Crippen LogP contribution in [0.25, 0.3) is 0 Å². The SMILES string of the molecule is CC(Oc1ccccc1Br)C(=O)NN=Cc1cccc(C(F)(F)F)c1. The highest BCUT2D eigenvalue weighted by atomic mass is 79.9. The van der Waals surface area contributed by atoms with Crippen LogP contribution in [0.4, 0.5) is 13.2 Å². The topological polar surface area (TPSA) is 50.7 Å². The summed E-state index contributed by atoms with van der Waals surface area (Å²) in [6.45, 7) is 1.54. The Morgan fingerprint density at radius 3 is 2.64 bits per heavy atom. The van der Waals surface area contributed by atoms with Crippen LogP contribution in [0.2, 0.25) is 0 Å². The molecule has 0 fully saturated rings. The summed E-state index contributed by atoms with van der Waals surface area (Å²) >= 11 is 3.30. The van der Waals surface area contributed by atoms with Gasteiger partial charge >= 0.3 is 6.18 Å². The van der Waals surface area contributed by atoms with E-state index in [9.17, 15) is 18.0 Å². The molecule has 2 rings (SSSR count). The maximum atomic E-state index is 12.6. The molecule has 25 heavy (non-hydrogen) atoms. The van der Waals surface area contributed by atoms with Gasteiger partial charge in [-0.15, -0.1) is 0 Å². The molecule has 4 nitrogen and oxygen atoms in total. The maximum Gasteiger partial charge on any atom is 0.416 e. The number of benzene rings is 2. The molecule has 0 saturated carbocycles. The quantitative estimate of drug-likeness (QED) is 0.582. The molecule has 1 unspecified atom stereocenters. The van der Waals surface area contributed by atoms with Crippen LogP contribution < -0.4 is 10.2 Å². The van der Waals surface area contributed by atoms with Crippen LogP contribution in [-0.4, -0.2) is 18.2 Å². The average molecular weight is 415 g/mol. The van der Waals surface area contributed by atoms with Gasteiger partial charge in [-0.3, -0.25) is 4.79 Å².